The summed E-state index contributed by atoms with van der Waals surface area (Å²) in [4.78, 5) is 14.8. The summed E-state index contributed by atoms with van der Waals surface area (Å²) in [5, 5.41) is 3.46. The Morgan fingerprint density at radius 2 is 1.61 bits per heavy atom. The number of rotatable bonds is 1. The fraction of sp³-hybridized carbons (Fsp3) is 0. The molecule has 0 spiro atoms. The van der Waals surface area contributed by atoms with E-state index in [9.17, 15) is 0 Å². The van der Waals surface area contributed by atoms with Crippen LogP contribution in [-0.2, 0) is 0 Å². The summed E-state index contributed by atoms with van der Waals surface area (Å²) < 4.78 is 1.21. The fourth-order valence-corrected chi connectivity index (χ4v) is 3.89. The second kappa shape index (κ2) is 4.83. The number of pyridine rings is 3. The van der Waals surface area contributed by atoms with Gasteiger partial charge >= 0.3 is 0 Å². The van der Waals surface area contributed by atoms with Gasteiger partial charge in [-0.25, -0.2) is 9.97 Å². The third kappa shape index (κ3) is 1.99. The van der Waals surface area contributed by atoms with Gasteiger partial charge in [-0.1, -0.05) is 24.3 Å². The molecule has 3 nitrogen and oxygen atoms in total. The van der Waals surface area contributed by atoms with E-state index in [0.29, 0.717) is 0 Å². The van der Waals surface area contributed by atoms with Gasteiger partial charge in [-0.15, -0.1) is 11.3 Å². The van der Waals surface area contributed by atoms with Crippen LogP contribution in [0.1, 0.15) is 0 Å². The van der Waals surface area contributed by atoms with Gasteiger partial charge in [0.25, 0.3) is 0 Å². The SMILES string of the molecule is c1ccc2nc(-c3ccc4c(n3)sc3ccncc34)ccc2c1. The summed E-state index contributed by atoms with van der Waals surface area (Å²) in [6, 6.07) is 18.5. The monoisotopic (exact) mass is 313 g/mol. The van der Waals surface area contributed by atoms with Gasteiger partial charge in [-0.05, 0) is 30.3 Å². The summed E-state index contributed by atoms with van der Waals surface area (Å²) in [6.07, 6.45) is 3.73. The molecule has 0 fully saturated rings. The topological polar surface area (TPSA) is 38.7 Å². The summed E-state index contributed by atoms with van der Waals surface area (Å²) in [6.45, 7) is 0. The number of nitrogens with zero attached hydrogens (tertiary/aromatic N) is 3. The summed E-state index contributed by atoms with van der Waals surface area (Å²) in [5.74, 6) is 0. The van der Waals surface area contributed by atoms with Gasteiger partial charge in [0, 0.05) is 33.3 Å². The summed E-state index contributed by atoms with van der Waals surface area (Å²) >= 11 is 1.70. The molecule has 0 amide bonds. The lowest BCUT2D eigenvalue weighted by Gasteiger charge is -2.02. The van der Waals surface area contributed by atoms with Crippen LogP contribution in [0.3, 0.4) is 0 Å². The Morgan fingerprint density at radius 3 is 2.61 bits per heavy atom. The van der Waals surface area contributed by atoms with Gasteiger partial charge in [0.15, 0.2) is 0 Å². The van der Waals surface area contributed by atoms with Crippen molar-refractivity contribution in [2.45, 2.75) is 0 Å². The number of aromatic nitrogens is 3. The van der Waals surface area contributed by atoms with Gasteiger partial charge in [0.05, 0.1) is 16.9 Å². The zero-order valence-corrected chi connectivity index (χ0v) is 12.9. The second-order valence-corrected chi connectivity index (χ2v) is 6.44. The molecule has 0 atom stereocenters. The molecule has 108 valence electrons. The molecule has 0 aliphatic rings. The minimum atomic E-state index is 0.904. The maximum atomic E-state index is 4.82. The van der Waals surface area contributed by atoms with Crippen molar-refractivity contribution in [3.63, 3.8) is 0 Å². The summed E-state index contributed by atoms with van der Waals surface area (Å²) in [5.41, 5.74) is 2.80. The first-order valence-electron chi connectivity index (χ1n) is 7.38. The lowest BCUT2D eigenvalue weighted by Crippen LogP contribution is -1.88. The van der Waals surface area contributed by atoms with Gasteiger partial charge in [0.2, 0.25) is 0 Å². The molecule has 0 aliphatic heterocycles. The number of thiophene rings is 1. The Balaban J connectivity index is 1.73. The molecule has 0 unspecified atom stereocenters. The minimum absolute atomic E-state index is 0.904. The van der Waals surface area contributed by atoms with Crippen molar-refractivity contribution in [2.75, 3.05) is 0 Å². The standard InChI is InChI=1S/C19H11N3S/c1-2-4-15-12(3-1)5-7-16(21-15)17-8-6-13-14-11-20-10-9-18(14)23-19(13)22-17/h1-11H. The molecule has 0 aliphatic carbocycles. The van der Waals surface area contributed by atoms with E-state index in [0.717, 1.165) is 37.9 Å². The van der Waals surface area contributed by atoms with Gasteiger partial charge < -0.3 is 0 Å². The highest BCUT2D eigenvalue weighted by Gasteiger charge is 2.09. The van der Waals surface area contributed by atoms with E-state index < -0.39 is 0 Å². The Hall–Kier alpha value is -2.85. The molecule has 0 bridgehead atoms. The van der Waals surface area contributed by atoms with Crippen LogP contribution in [0.15, 0.2) is 67.0 Å². The Bertz CT molecular complexity index is 1180. The maximum Gasteiger partial charge on any atom is 0.125 e. The predicted octanol–water partition coefficient (Wildman–Crippen LogP) is 5.06. The molecule has 23 heavy (non-hydrogen) atoms. The van der Waals surface area contributed by atoms with Gasteiger partial charge in [-0.2, -0.15) is 0 Å². The molecule has 4 aromatic heterocycles. The van der Waals surface area contributed by atoms with Crippen molar-refractivity contribution >= 4 is 42.5 Å². The van der Waals surface area contributed by atoms with Crippen LogP contribution in [0.5, 0.6) is 0 Å². The van der Waals surface area contributed by atoms with Crippen LogP contribution in [-0.4, -0.2) is 15.0 Å². The molecule has 5 rings (SSSR count). The second-order valence-electron chi connectivity index (χ2n) is 5.41. The number of hydrogen-bond donors (Lipinski definition) is 0. The molecule has 0 radical (unpaired) electrons. The highest BCUT2D eigenvalue weighted by molar-refractivity contribution is 7.25. The predicted molar refractivity (Wildman–Crippen MR) is 95.7 cm³/mol. The van der Waals surface area contributed by atoms with Crippen LogP contribution in [0.25, 0.3) is 42.6 Å². The number of hydrogen-bond acceptors (Lipinski definition) is 4. The lowest BCUT2D eigenvalue weighted by atomic mass is 10.1. The maximum absolute atomic E-state index is 4.82. The number of benzene rings is 1. The zero-order valence-electron chi connectivity index (χ0n) is 12.1. The normalized spacial score (nSPS) is 11.5. The van der Waals surface area contributed by atoms with Crippen molar-refractivity contribution < 1.29 is 0 Å². The fourth-order valence-electron chi connectivity index (χ4n) is 2.85. The molecule has 4 heterocycles. The Labute approximate surface area is 136 Å². The number of fused-ring (bicyclic) bond motifs is 4. The first-order valence-corrected chi connectivity index (χ1v) is 8.19. The largest absolute Gasteiger partial charge is 0.264 e. The van der Waals surface area contributed by atoms with E-state index >= 15 is 0 Å². The average Bonchev–Trinajstić information content (AvgIpc) is 2.99. The third-order valence-electron chi connectivity index (χ3n) is 4.00. The van der Waals surface area contributed by atoms with Crippen molar-refractivity contribution in [1.29, 1.82) is 0 Å². The molecule has 0 saturated carbocycles. The first-order chi connectivity index (χ1) is 11.4. The van der Waals surface area contributed by atoms with E-state index in [1.54, 1.807) is 11.3 Å². The van der Waals surface area contributed by atoms with Crippen LogP contribution in [0.4, 0.5) is 0 Å². The van der Waals surface area contributed by atoms with Crippen molar-refractivity contribution in [3.8, 4) is 11.4 Å². The van der Waals surface area contributed by atoms with Crippen LogP contribution in [0.2, 0.25) is 0 Å². The van der Waals surface area contributed by atoms with E-state index in [1.165, 1.54) is 4.70 Å². The van der Waals surface area contributed by atoms with Crippen molar-refractivity contribution in [2.24, 2.45) is 0 Å². The van der Waals surface area contributed by atoms with Crippen LogP contribution < -0.4 is 0 Å². The van der Waals surface area contributed by atoms with E-state index in [2.05, 4.69) is 23.2 Å². The van der Waals surface area contributed by atoms with Crippen LogP contribution in [0, 0.1) is 0 Å². The molecule has 0 N–H and O–H groups in total. The molecule has 4 heteroatoms. The first kappa shape index (κ1) is 12.7. The molecular formula is C19H11N3S. The third-order valence-corrected chi connectivity index (χ3v) is 5.08. The highest BCUT2D eigenvalue weighted by atomic mass is 32.1. The molecule has 1 aromatic carbocycles. The Morgan fingerprint density at radius 1 is 0.739 bits per heavy atom. The lowest BCUT2D eigenvalue weighted by molar-refractivity contribution is 1.33. The van der Waals surface area contributed by atoms with Gasteiger partial charge in [-0.3, -0.25) is 4.98 Å². The van der Waals surface area contributed by atoms with Crippen molar-refractivity contribution in [1.82, 2.24) is 15.0 Å². The average molecular weight is 313 g/mol. The highest BCUT2D eigenvalue weighted by Crippen LogP contribution is 2.33. The van der Waals surface area contributed by atoms with Crippen LogP contribution >= 0.6 is 11.3 Å². The molecule has 0 saturated heterocycles. The molecule has 5 aromatic rings. The van der Waals surface area contributed by atoms with Crippen molar-refractivity contribution in [3.05, 3.63) is 67.0 Å². The zero-order chi connectivity index (χ0) is 15.2. The van der Waals surface area contributed by atoms with Gasteiger partial charge in [0.1, 0.15) is 4.83 Å². The quantitative estimate of drug-likeness (QED) is 0.434. The smallest absolute Gasteiger partial charge is 0.125 e. The Kier molecular flexibility index (Phi) is 2.66. The van der Waals surface area contributed by atoms with E-state index in [-0.39, 0.29) is 0 Å². The number of para-hydroxylation sites is 1. The van der Waals surface area contributed by atoms with E-state index in [1.807, 2.05) is 48.8 Å². The molecular weight excluding hydrogens is 302 g/mol. The summed E-state index contributed by atoms with van der Waals surface area (Å²) in [7, 11) is 0. The minimum Gasteiger partial charge on any atom is -0.264 e. The van der Waals surface area contributed by atoms with E-state index in [4.69, 9.17) is 9.97 Å².